The number of hydrogen-bond donors (Lipinski definition) is 2. The molecule has 0 aliphatic heterocycles. The number of hydrazine groups is 1. The number of hydrogen-bond acceptors (Lipinski definition) is 2. The highest BCUT2D eigenvalue weighted by Gasteiger charge is 2.28. The maximum absolute atomic E-state index is 5.70. The minimum Gasteiger partial charge on any atom is -0.339 e. The molecule has 2 fully saturated rings. The predicted molar refractivity (Wildman–Crippen MR) is 76.2 cm³/mol. The number of aliphatic imine (C=N–C) groups is 1. The van der Waals surface area contributed by atoms with Gasteiger partial charge in [-0.15, -0.1) is 0 Å². The molecular formula is C14H28N4. The van der Waals surface area contributed by atoms with Crippen molar-refractivity contribution in [2.45, 2.75) is 70.9 Å². The molecule has 0 heterocycles. The van der Waals surface area contributed by atoms with E-state index in [1.165, 1.54) is 44.9 Å². The molecule has 2 rings (SSSR count). The van der Waals surface area contributed by atoms with Gasteiger partial charge in [0.2, 0.25) is 5.96 Å². The lowest BCUT2D eigenvalue weighted by Gasteiger charge is -2.32. The molecule has 0 spiro atoms. The zero-order valence-corrected chi connectivity index (χ0v) is 11.9. The van der Waals surface area contributed by atoms with Crippen molar-refractivity contribution in [2.24, 2.45) is 16.8 Å². The van der Waals surface area contributed by atoms with Crippen molar-refractivity contribution >= 4 is 5.96 Å². The van der Waals surface area contributed by atoms with Crippen molar-refractivity contribution in [3.8, 4) is 0 Å². The molecule has 2 aliphatic carbocycles. The predicted octanol–water partition coefficient (Wildman–Crippen LogP) is 2.26. The van der Waals surface area contributed by atoms with Crippen molar-refractivity contribution in [3.05, 3.63) is 0 Å². The number of nitrogens with one attached hydrogen (secondary N) is 1. The maximum atomic E-state index is 5.70. The zero-order chi connectivity index (χ0) is 13.0. The summed E-state index contributed by atoms with van der Waals surface area (Å²) < 4.78 is 0. The van der Waals surface area contributed by atoms with Crippen molar-refractivity contribution in [1.29, 1.82) is 0 Å². The Morgan fingerprint density at radius 1 is 1.28 bits per heavy atom. The molecule has 2 aliphatic rings. The van der Waals surface area contributed by atoms with Gasteiger partial charge in [-0.1, -0.05) is 26.7 Å². The molecule has 0 saturated heterocycles. The second kappa shape index (κ2) is 6.41. The third-order valence-corrected chi connectivity index (χ3v) is 3.97. The maximum Gasteiger partial charge on any atom is 0.208 e. The smallest absolute Gasteiger partial charge is 0.208 e. The Morgan fingerprint density at radius 2 is 1.94 bits per heavy atom. The average Bonchev–Trinajstić information content (AvgIpc) is 3.00. The van der Waals surface area contributed by atoms with E-state index in [-0.39, 0.29) is 0 Å². The number of rotatable bonds is 5. The van der Waals surface area contributed by atoms with E-state index < -0.39 is 0 Å². The summed E-state index contributed by atoms with van der Waals surface area (Å²) in [4.78, 5) is 7.17. The molecule has 0 aromatic carbocycles. The highest BCUT2D eigenvalue weighted by Crippen LogP contribution is 2.27. The Hall–Kier alpha value is -0.770. The standard InChI is InChI=1S/C14H28N4/c1-11(2)9-10-18(13-5-3-4-6-13)14(17-15)16-12-7-8-12/h11-13H,3-10,15H2,1-2H3,(H,16,17). The fraction of sp³-hybridized carbons (Fsp3) is 0.929. The van der Waals surface area contributed by atoms with Crippen molar-refractivity contribution in [1.82, 2.24) is 10.3 Å². The summed E-state index contributed by atoms with van der Waals surface area (Å²) in [7, 11) is 0. The highest BCUT2D eigenvalue weighted by atomic mass is 15.4. The Labute approximate surface area is 111 Å². The Morgan fingerprint density at radius 3 is 2.44 bits per heavy atom. The van der Waals surface area contributed by atoms with E-state index in [9.17, 15) is 0 Å². The molecule has 0 aromatic heterocycles. The molecule has 0 bridgehead atoms. The Balaban J connectivity index is 2.00. The van der Waals surface area contributed by atoms with Crippen molar-refractivity contribution in [2.75, 3.05) is 6.54 Å². The summed E-state index contributed by atoms with van der Waals surface area (Å²) in [5.74, 6) is 7.37. The summed E-state index contributed by atoms with van der Waals surface area (Å²) >= 11 is 0. The molecule has 2 saturated carbocycles. The van der Waals surface area contributed by atoms with Gasteiger partial charge in [0.05, 0.1) is 6.04 Å². The molecule has 0 atom stereocenters. The van der Waals surface area contributed by atoms with E-state index in [0.29, 0.717) is 12.1 Å². The van der Waals surface area contributed by atoms with Crippen molar-refractivity contribution < 1.29 is 0 Å². The van der Waals surface area contributed by atoms with E-state index in [4.69, 9.17) is 10.8 Å². The zero-order valence-electron chi connectivity index (χ0n) is 11.9. The topological polar surface area (TPSA) is 53.6 Å². The SMILES string of the molecule is CC(C)CCN(C(=NC1CC1)NN)C1CCCC1. The van der Waals surface area contributed by atoms with Crippen LogP contribution in [0.4, 0.5) is 0 Å². The van der Waals surface area contributed by atoms with Crippen LogP contribution < -0.4 is 11.3 Å². The fourth-order valence-corrected chi connectivity index (χ4v) is 2.65. The monoisotopic (exact) mass is 252 g/mol. The first-order chi connectivity index (χ1) is 8.70. The van der Waals surface area contributed by atoms with E-state index in [0.717, 1.165) is 18.4 Å². The highest BCUT2D eigenvalue weighted by molar-refractivity contribution is 5.80. The largest absolute Gasteiger partial charge is 0.339 e. The van der Waals surface area contributed by atoms with Crippen LogP contribution in [0.15, 0.2) is 4.99 Å². The summed E-state index contributed by atoms with van der Waals surface area (Å²) in [6, 6.07) is 1.18. The summed E-state index contributed by atoms with van der Waals surface area (Å²) in [5, 5.41) is 0. The minimum absolute atomic E-state index is 0.527. The minimum atomic E-state index is 0.527. The van der Waals surface area contributed by atoms with Crippen LogP contribution in [0, 0.1) is 5.92 Å². The molecule has 4 heteroatoms. The first-order valence-electron chi connectivity index (χ1n) is 7.51. The van der Waals surface area contributed by atoms with Crippen molar-refractivity contribution in [3.63, 3.8) is 0 Å². The summed E-state index contributed by atoms with van der Waals surface area (Å²) in [6.45, 7) is 5.64. The van der Waals surface area contributed by atoms with Crippen LogP contribution in [-0.4, -0.2) is 29.5 Å². The molecule has 18 heavy (non-hydrogen) atoms. The van der Waals surface area contributed by atoms with E-state index >= 15 is 0 Å². The van der Waals surface area contributed by atoms with E-state index in [1.807, 2.05) is 0 Å². The second-order valence-electron chi connectivity index (χ2n) is 6.14. The van der Waals surface area contributed by atoms with Gasteiger partial charge in [0.1, 0.15) is 0 Å². The quantitative estimate of drug-likeness (QED) is 0.341. The lowest BCUT2D eigenvalue weighted by Crippen LogP contribution is -2.49. The molecule has 0 radical (unpaired) electrons. The lowest BCUT2D eigenvalue weighted by atomic mass is 10.1. The average molecular weight is 252 g/mol. The second-order valence-corrected chi connectivity index (χ2v) is 6.14. The third kappa shape index (κ3) is 3.87. The van der Waals surface area contributed by atoms with Gasteiger partial charge >= 0.3 is 0 Å². The van der Waals surface area contributed by atoms with Crippen LogP contribution in [0.5, 0.6) is 0 Å². The lowest BCUT2D eigenvalue weighted by molar-refractivity contribution is 0.286. The van der Waals surface area contributed by atoms with Gasteiger partial charge in [-0.05, 0) is 38.0 Å². The van der Waals surface area contributed by atoms with Crippen LogP contribution >= 0.6 is 0 Å². The molecule has 3 N–H and O–H groups in total. The fourth-order valence-electron chi connectivity index (χ4n) is 2.65. The molecule has 0 aromatic rings. The third-order valence-electron chi connectivity index (χ3n) is 3.97. The summed E-state index contributed by atoms with van der Waals surface area (Å²) in [6.07, 6.45) is 8.96. The van der Waals surface area contributed by atoms with Crippen LogP contribution in [0.25, 0.3) is 0 Å². The van der Waals surface area contributed by atoms with Gasteiger partial charge in [-0.2, -0.15) is 0 Å². The van der Waals surface area contributed by atoms with Crippen LogP contribution in [0.1, 0.15) is 58.8 Å². The van der Waals surface area contributed by atoms with Crippen LogP contribution in [0.3, 0.4) is 0 Å². The van der Waals surface area contributed by atoms with E-state index in [2.05, 4.69) is 24.2 Å². The number of nitrogens with zero attached hydrogens (tertiary/aromatic N) is 2. The first-order valence-corrected chi connectivity index (χ1v) is 7.51. The van der Waals surface area contributed by atoms with E-state index in [1.54, 1.807) is 0 Å². The molecule has 104 valence electrons. The van der Waals surface area contributed by atoms with Gasteiger partial charge in [0.25, 0.3) is 0 Å². The molecule has 0 amide bonds. The van der Waals surface area contributed by atoms with Gasteiger partial charge < -0.3 is 4.90 Å². The van der Waals surface area contributed by atoms with Gasteiger partial charge in [0, 0.05) is 12.6 Å². The summed E-state index contributed by atoms with van der Waals surface area (Å²) in [5.41, 5.74) is 2.85. The van der Waals surface area contributed by atoms with Gasteiger partial charge in [-0.25, -0.2) is 10.8 Å². The van der Waals surface area contributed by atoms with Crippen LogP contribution in [0.2, 0.25) is 0 Å². The first kappa shape index (κ1) is 13.7. The molecule has 0 unspecified atom stereocenters. The van der Waals surface area contributed by atoms with Gasteiger partial charge in [-0.3, -0.25) is 5.43 Å². The Kier molecular flexibility index (Phi) is 4.87. The molecular weight excluding hydrogens is 224 g/mol. The van der Waals surface area contributed by atoms with Crippen LogP contribution in [-0.2, 0) is 0 Å². The number of guanidine groups is 1. The molecule has 4 nitrogen and oxygen atoms in total. The van der Waals surface area contributed by atoms with Gasteiger partial charge in [0.15, 0.2) is 0 Å². The Bertz CT molecular complexity index is 278. The number of nitrogens with two attached hydrogens (primary N) is 1. The normalized spacial score (nSPS) is 21.7.